The third-order valence-electron chi connectivity index (χ3n) is 7.97. The number of ether oxygens (including phenoxy) is 1. The van der Waals surface area contributed by atoms with Gasteiger partial charge in [-0.2, -0.15) is 0 Å². The minimum absolute atomic E-state index is 0.0220. The van der Waals surface area contributed by atoms with Crippen LogP contribution in [0, 0.1) is 0 Å². The topological polar surface area (TPSA) is 103 Å². The summed E-state index contributed by atoms with van der Waals surface area (Å²) in [5.41, 5.74) is 3.68. The molecule has 224 valence electrons. The van der Waals surface area contributed by atoms with Gasteiger partial charge in [0, 0.05) is 61.1 Å². The highest BCUT2D eigenvalue weighted by molar-refractivity contribution is 6.09. The number of carbonyl (C=O) groups excluding carboxylic acids is 2. The fourth-order valence-electron chi connectivity index (χ4n) is 5.55. The second kappa shape index (κ2) is 13.2. The van der Waals surface area contributed by atoms with Crippen molar-refractivity contribution in [3.05, 3.63) is 108 Å². The van der Waals surface area contributed by atoms with Crippen molar-refractivity contribution in [1.82, 2.24) is 25.2 Å². The largest absolute Gasteiger partial charge is 0.496 e. The molecule has 5 rings (SSSR count). The Hall–Kier alpha value is -4.50. The van der Waals surface area contributed by atoms with Crippen LogP contribution in [0.25, 0.3) is 0 Å². The molecule has 9 heteroatoms. The van der Waals surface area contributed by atoms with Gasteiger partial charge in [0.05, 0.1) is 13.4 Å². The Labute approximate surface area is 253 Å². The van der Waals surface area contributed by atoms with E-state index in [1.165, 1.54) is 11.2 Å². The Kier molecular flexibility index (Phi) is 9.21. The van der Waals surface area contributed by atoms with Crippen LogP contribution in [0.3, 0.4) is 0 Å². The number of para-hydroxylation sites is 1. The molecule has 0 saturated carbocycles. The zero-order chi connectivity index (χ0) is 30.4. The van der Waals surface area contributed by atoms with Crippen LogP contribution in [0.4, 0.5) is 5.69 Å². The number of nitrogens with zero attached hydrogens (tertiary/aromatic N) is 4. The zero-order valence-electron chi connectivity index (χ0n) is 25.3. The summed E-state index contributed by atoms with van der Waals surface area (Å²) in [5.74, 6) is 0.259. The number of rotatable bonds is 9. The van der Waals surface area contributed by atoms with Gasteiger partial charge in [0.1, 0.15) is 17.5 Å². The number of hydrogen-bond acceptors (Lipinski definition) is 6. The first-order valence-electron chi connectivity index (χ1n) is 14.7. The maximum atomic E-state index is 14.2. The highest BCUT2D eigenvalue weighted by Gasteiger charge is 2.36. The van der Waals surface area contributed by atoms with E-state index in [2.05, 4.69) is 52.0 Å². The summed E-state index contributed by atoms with van der Waals surface area (Å²) in [6, 6.07) is 18.5. The molecule has 0 radical (unpaired) electrons. The Morgan fingerprint density at radius 1 is 1.07 bits per heavy atom. The van der Waals surface area contributed by atoms with Gasteiger partial charge in [0.2, 0.25) is 5.91 Å². The van der Waals surface area contributed by atoms with Crippen molar-refractivity contribution >= 4 is 17.5 Å². The van der Waals surface area contributed by atoms with Crippen molar-refractivity contribution in [2.75, 3.05) is 25.1 Å². The quantitative estimate of drug-likeness (QED) is 0.279. The van der Waals surface area contributed by atoms with Gasteiger partial charge in [-0.05, 0) is 48.1 Å². The lowest BCUT2D eigenvalue weighted by Gasteiger charge is -2.35. The molecule has 0 aliphatic carbocycles. The average Bonchev–Trinajstić information content (AvgIpc) is 3.56. The van der Waals surface area contributed by atoms with Crippen molar-refractivity contribution in [1.29, 1.82) is 0 Å². The van der Waals surface area contributed by atoms with E-state index in [-0.39, 0.29) is 29.0 Å². The number of amides is 2. The van der Waals surface area contributed by atoms with Gasteiger partial charge < -0.3 is 15.0 Å². The molecule has 0 bridgehead atoms. The molecular weight excluding hydrogens is 540 g/mol. The lowest BCUT2D eigenvalue weighted by atomic mass is 9.87. The lowest BCUT2D eigenvalue weighted by Crippen LogP contribution is -2.50. The molecule has 1 unspecified atom stereocenters. The molecular formula is C34H40N6O3. The number of hydrogen-bond donors (Lipinski definition) is 2. The third-order valence-corrected chi connectivity index (χ3v) is 7.97. The number of piperidine rings is 1. The van der Waals surface area contributed by atoms with Crippen LogP contribution in [0.1, 0.15) is 66.8 Å². The molecule has 9 nitrogen and oxygen atoms in total. The van der Waals surface area contributed by atoms with E-state index in [0.717, 1.165) is 49.4 Å². The number of aromatic amines is 1. The van der Waals surface area contributed by atoms with Crippen LogP contribution >= 0.6 is 0 Å². The standard InChI is InChI=1S/C34H40N6O3/c1-34(2,3)26-11-13-28(14-12-26)40(33(42)29-21-36-23-37-29)31(24-9-7-17-35-20-24)32(41)38-27-15-18-39(19-16-27)22-25-8-5-6-10-30(25)43-4/h5-14,17,20-21,23,27,31H,15-16,18-19,22H2,1-4H3,(H,36,37)(H,38,41). The SMILES string of the molecule is COc1ccccc1CN1CCC(NC(=O)C(c2cccnc2)N(C(=O)c2c[nH]cn2)c2ccc(C(C)(C)C)cc2)CC1. The molecule has 2 N–H and O–H groups in total. The molecule has 3 heterocycles. The number of aromatic nitrogens is 3. The number of H-pyrrole nitrogens is 1. The zero-order valence-corrected chi connectivity index (χ0v) is 25.3. The molecule has 2 aromatic heterocycles. The number of methoxy groups -OCH3 is 1. The summed E-state index contributed by atoms with van der Waals surface area (Å²) in [6.45, 7) is 8.89. The first kappa shape index (κ1) is 30.0. The van der Waals surface area contributed by atoms with E-state index in [1.54, 1.807) is 31.8 Å². The number of carbonyl (C=O) groups is 2. The third kappa shape index (κ3) is 7.11. The first-order chi connectivity index (χ1) is 20.7. The van der Waals surface area contributed by atoms with Gasteiger partial charge in [-0.3, -0.25) is 24.4 Å². The summed E-state index contributed by atoms with van der Waals surface area (Å²) >= 11 is 0. The number of anilines is 1. The summed E-state index contributed by atoms with van der Waals surface area (Å²) in [6.07, 6.45) is 7.92. The smallest absolute Gasteiger partial charge is 0.279 e. The van der Waals surface area contributed by atoms with Crippen LogP contribution < -0.4 is 15.0 Å². The van der Waals surface area contributed by atoms with Gasteiger partial charge >= 0.3 is 0 Å². The molecule has 43 heavy (non-hydrogen) atoms. The molecule has 2 amide bonds. The summed E-state index contributed by atoms with van der Waals surface area (Å²) in [4.78, 5) is 43.5. The lowest BCUT2D eigenvalue weighted by molar-refractivity contribution is -0.123. The van der Waals surface area contributed by atoms with Gasteiger partial charge in [0.25, 0.3) is 5.91 Å². The Morgan fingerprint density at radius 2 is 1.81 bits per heavy atom. The van der Waals surface area contributed by atoms with E-state index in [4.69, 9.17) is 4.74 Å². The number of pyridine rings is 1. The Morgan fingerprint density at radius 3 is 2.44 bits per heavy atom. The second-order valence-electron chi connectivity index (χ2n) is 12.0. The second-order valence-corrected chi connectivity index (χ2v) is 12.0. The molecule has 1 saturated heterocycles. The highest BCUT2D eigenvalue weighted by Crippen LogP contribution is 2.32. The fraction of sp³-hybridized carbons (Fsp3) is 0.353. The normalized spacial score (nSPS) is 15.1. The van der Waals surface area contributed by atoms with E-state index < -0.39 is 6.04 Å². The molecule has 1 aliphatic heterocycles. The van der Waals surface area contributed by atoms with Gasteiger partial charge in [0.15, 0.2) is 0 Å². The van der Waals surface area contributed by atoms with Gasteiger partial charge in [-0.15, -0.1) is 0 Å². The van der Waals surface area contributed by atoms with Crippen molar-refractivity contribution < 1.29 is 14.3 Å². The molecule has 1 fully saturated rings. The molecule has 1 atom stereocenters. The van der Waals surface area contributed by atoms with E-state index in [1.807, 2.05) is 48.5 Å². The maximum Gasteiger partial charge on any atom is 0.279 e. The molecule has 1 aliphatic rings. The average molecular weight is 581 g/mol. The van der Waals surface area contributed by atoms with Crippen molar-refractivity contribution in [3.63, 3.8) is 0 Å². The van der Waals surface area contributed by atoms with E-state index in [9.17, 15) is 9.59 Å². The van der Waals surface area contributed by atoms with E-state index >= 15 is 0 Å². The monoisotopic (exact) mass is 580 g/mol. The number of imidazole rings is 1. The predicted molar refractivity (Wildman–Crippen MR) is 167 cm³/mol. The van der Waals surface area contributed by atoms with Crippen LogP contribution in [-0.4, -0.2) is 57.9 Å². The van der Waals surface area contributed by atoms with Gasteiger partial charge in [-0.1, -0.05) is 57.2 Å². The Bertz CT molecular complexity index is 1490. The van der Waals surface area contributed by atoms with Crippen LogP contribution in [-0.2, 0) is 16.8 Å². The Balaban J connectivity index is 1.39. The summed E-state index contributed by atoms with van der Waals surface area (Å²) in [5, 5.41) is 3.27. The maximum absolute atomic E-state index is 14.2. The summed E-state index contributed by atoms with van der Waals surface area (Å²) in [7, 11) is 1.69. The van der Waals surface area contributed by atoms with Crippen LogP contribution in [0.2, 0.25) is 0 Å². The van der Waals surface area contributed by atoms with Crippen LogP contribution in [0.5, 0.6) is 5.75 Å². The minimum Gasteiger partial charge on any atom is -0.496 e. The summed E-state index contributed by atoms with van der Waals surface area (Å²) < 4.78 is 5.53. The highest BCUT2D eigenvalue weighted by atomic mass is 16.5. The van der Waals surface area contributed by atoms with Crippen LogP contribution in [0.15, 0.2) is 85.6 Å². The van der Waals surface area contributed by atoms with Crippen molar-refractivity contribution in [3.8, 4) is 5.75 Å². The number of likely N-dealkylation sites (tertiary alicyclic amines) is 1. The van der Waals surface area contributed by atoms with E-state index in [0.29, 0.717) is 11.3 Å². The van der Waals surface area contributed by atoms with Gasteiger partial charge in [-0.25, -0.2) is 4.98 Å². The molecule has 0 spiro atoms. The first-order valence-corrected chi connectivity index (χ1v) is 14.7. The van der Waals surface area contributed by atoms with Crippen molar-refractivity contribution in [2.45, 2.75) is 57.7 Å². The van der Waals surface area contributed by atoms with Crippen molar-refractivity contribution in [2.24, 2.45) is 0 Å². The number of nitrogens with one attached hydrogen (secondary N) is 2. The fourth-order valence-corrected chi connectivity index (χ4v) is 5.55. The number of benzene rings is 2. The predicted octanol–water partition coefficient (Wildman–Crippen LogP) is 5.28. The minimum atomic E-state index is -0.940. The molecule has 4 aromatic rings. The molecule has 2 aromatic carbocycles.